The van der Waals surface area contributed by atoms with Crippen molar-refractivity contribution in [3.05, 3.63) is 57.8 Å². The summed E-state index contributed by atoms with van der Waals surface area (Å²) in [5.41, 5.74) is 2.22. The van der Waals surface area contributed by atoms with E-state index in [1.54, 1.807) is 0 Å². The Morgan fingerprint density at radius 1 is 1.17 bits per heavy atom. The van der Waals surface area contributed by atoms with Gasteiger partial charge in [-0.1, -0.05) is 30.3 Å². The normalized spacial score (nSPS) is 12.6. The van der Waals surface area contributed by atoms with Crippen molar-refractivity contribution in [2.45, 2.75) is 32.5 Å². The lowest BCUT2D eigenvalue weighted by molar-refractivity contribution is 0.282. The van der Waals surface area contributed by atoms with Crippen LogP contribution in [0.5, 0.6) is 0 Å². The molecule has 1 aromatic heterocycles. The van der Waals surface area contributed by atoms with Gasteiger partial charge in [-0.15, -0.1) is 11.3 Å². The topological polar surface area (TPSA) is 32.3 Å². The summed E-state index contributed by atoms with van der Waals surface area (Å²) in [6.07, 6.45) is 1.08. The highest BCUT2D eigenvalue weighted by Crippen LogP contribution is 2.11. The molecule has 96 valence electrons. The average Bonchev–Trinajstić information content (AvgIpc) is 2.90. The molecular weight excluding hydrogens is 242 g/mol. The van der Waals surface area contributed by atoms with E-state index in [9.17, 15) is 0 Å². The first-order chi connectivity index (χ1) is 8.78. The van der Waals surface area contributed by atoms with Gasteiger partial charge in [-0.25, -0.2) is 0 Å². The number of rotatable bonds is 6. The van der Waals surface area contributed by atoms with Crippen molar-refractivity contribution < 1.29 is 5.11 Å². The van der Waals surface area contributed by atoms with Crippen LogP contribution in [0.2, 0.25) is 0 Å². The summed E-state index contributed by atoms with van der Waals surface area (Å²) < 4.78 is 0. The number of aliphatic hydroxyl groups is 1. The van der Waals surface area contributed by atoms with Crippen molar-refractivity contribution in [1.29, 1.82) is 0 Å². The van der Waals surface area contributed by atoms with Gasteiger partial charge in [0.05, 0.1) is 6.61 Å². The number of hydrogen-bond acceptors (Lipinski definition) is 3. The van der Waals surface area contributed by atoms with Crippen LogP contribution in [0.1, 0.15) is 22.9 Å². The van der Waals surface area contributed by atoms with Gasteiger partial charge >= 0.3 is 0 Å². The monoisotopic (exact) mass is 261 g/mol. The lowest BCUT2D eigenvalue weighted by Gasteiger charge is -2.13. The Balaban J connectivity index is 1.79. The Morgan fingerprint density at radius 2 is 1.89 bits per heavy atom. The first-order valence-corrected chi connectivity index (χ1v) is 7.10. The standard InChI is InChI=1S/C15H19NOS/c1-12(9-15-3-2-8-18-15)16-10-13-4-6-14(11-17)7-5-13/h2-8,12,16-17H,9-11H2,1H3. The molecule has 18 heavy (non-hydrogen) atoms. The Kier molecular flexibility index (Phi) is 4.93. The van der Waals surface area contributed by atoms with Gasteiger partial charge in [0, 0.05) is 17.5 Å². The average molecular weight is 261 g/mol. The molecule has 0 saturated heterocycles. The molecule has 0 radical (unpaired) electrons. The molecule has 0 fully saturated rings. The van der Waals surface area contributed by atoms with Gasteiger partial charge < -0.3 is 10.4 Å². The lowest BCUT2D eigenvalue weighted by atomic mass is 10.1. The zero-order chi connectivity index (χ0) is 12.8. The Bertz CT molecular complexity index is 450. The van der Waals surface area contributed by atoms with Crippen LogP contribution < -0.4 is 5.32 Å². The highest BCUT2D eigenvalue weighted by atomic mass is 32.1. The van der Waals surface area contributed by atoms with Crippen LogP contribution in [-0.4, -0.2) is 11.1 Å². The number of thiophene rings is 1. The summed E-state index contributed by atoms with van der Waals surface area (Å²) in [4.78, 5) is 1.42. The minimum Gasteiger partial charge on any atom is -0.392 e. The summed E-state index contributed by atoms with van der Waals surface area (Å²) in [6, 6.07) is 12.8. The van der Waals surface area contributed by atoms with Crippen LogP contribution in [0.4, 0.5) is 0 Å². The quantitative estimate of drug-likeness (QED) is 0.838. The van der Waals surface area contributed by atoms with Gasteiger partial charge in [0.1, 0.15) is 0 Å². The molecule has 2 nitrogen and oxygen atoms in total. The molecule has 2 rings (SSSR count). The molecule has 0 aliphatic carbocycles. The van der Waals surface area contributed by atoms with E-state index in [0.717, 1.165) is 18.5 Å². The molecular formula is C15H19NOS. The summed E-state index contributed by atoms with van der Waals surface area (Å²) in [6.45, 7) is 3.20. The fraction of sp³-hybridized carbons (Fsp3) is 0.333. The number of nitrogens with one attached hydrogen (secondary N) is 1. The van der Waals surface area contributed by atoms with Crippen molar-refractivity contribution in [1.82, 2.24) is 5.32 Å². The second-order valence-electron chi connectivity index (χ2n) is 4.54. The molecule has 0 aliphatic heterocycles. The third kappa shape index (κ3) is 3.95. The van der Waals surface area contributed by atoms with Crippen LogP contribution in [0.3, 0.4) is 0 Å². The zero-order valence-corrected chi connectivity index (χ0v) is 11.4. The fourth-order valence-corrected chi connectivity index (χ4v) is 2.69. The minimum atomic E-state index is 0.114. The molecule has 0 saturated carbocycles. The Morgan fingerprint density at radius 3 is 2.50 bits per heavy atom. The van der Waals surface area contributed by atoms with Crippen molar-refractivity contribution in [2.24, 2.45) is 0 Å². The van der Waals surface area contributed by atoms with Crippen LogP contribution in [0, 0.1) is 0 Å². The van der Waals surface area contributed by atoms with E-state index in [2.05, 4.69) is 41.9 Å². The summed E-state index contributed by atoms with van der Waals surface area (Å²) in [5, 5.41) is 14.6. The maximum Gasteiger partial charge on any atom is 0.0681 e. The van der Waals surface area contributed by atoms with Gasteiger partial charge in [0.25, 0.3) is 0 Å². The Labute approximate surface area is 112 Å². The van der Waals surface area contributed by atoms with Crippen molar-refractivity contribution in [3.8, 4) is 0 Å². The van der Waals surface area contributed by atoms with E-state index in [1.165, 1.54) is 10.4 Å². The molecule has 2 N–H and O–H groups in total. The molecule has 0 amide bonds. The van der Waals surface area contributed by atoms with Crippen LogP contribution in [-0.2, 0) is 19.6 Å². The van der Waals surface area contributed by atoms with E-state index in [4.69, 9.17) is 5.11 Å². The highest BCUT2D eigenvalue weighted by Gasteiger charge is 2.03. The lowest BCUT2D eigenvalue weighted by Crippen LogP contribution is -2.27. The van der Waals surface area contributed by atoms with Crippen LogP contribution in [0.25, 0.3) is 0 Å². The molecule has 0 spiro atoms. The highest BCUT2D eigenvalue weighted by molar-refractivity contribution is 7.09. The van der Waals surface area contributed by atoms with E-state index < -0.39 is 0 Å². The van der Waals surface area contributed by atoms with E-state index in [0.29, 0.717) is 6.04 Å². The van der Waals surface area contributed by atoms with E-state index in [1.807, 2.05) is 23.5 Å². The molecule has 2 aromatic rings. The molecule has 1 atom stereocenters. The van der Waals surface area contributed by atoms with Gasteiger partial charge in [-0.3, -0.25) is 0 Å². The number of benzene rings is 1. The van der Waals surface area contributed by atoms with Crippen molar-refractivity contribution in [2.75, 3.05) is 0 Å². The summed E-state index contributed by atoms with van der Waals surface area (Å²) >= 11 is 1.81. The van der Waals surface area contributed by atoms with Gasteiger partial charge in [-0.2, -0.15) is 0 Å². The first-order valence-electron chi connectivity index (χ1n) is 6.22. The third-order valence-electron chi connectivity index (χ3n) is 2.95. The first kappa shape index (κ1) is 13.3. The zero-order valence-electron chi connectivity index (χ0n) is 10.6. The van der Waals surface area contributed by atoms with Crippen LogP contribution >= 0.6 is 11.3 Å². The van der Waals surface area contributed by atoms with Gasteiger partial charge in [0.15, 0.2) is 0 Å². The number of hydrogen-bond donors (Lipinski definition) is 2. The van der Waals surface area contributed by atoms with Crippen molar-refractivity contribution >= 4 is 11.3 Å². The summed E-state index contributed by atoms with van der Waals surface area (Å²) in [7, 11) is 0. The van der Waals surface area contributed by atoms with E-state index >= 15 is 0 Å². The summed E-state index contributed by atoms with van der Waals surface area (Å²) in [5.74, 6) is 0. The second-order valence-corrected chi connectivity index (χ2v) is 5.57. The third-order valence-corrected chi connectivity index (χ3v) is 3.85. The molecule has 1 unspecified atom stereocenters. The maximum absolute atomic E-state index is 8.98. The molecule has 3 heteroatoms. The van der Waals surface area contributed by atoms with Gasteiger partial charge in [-0.05, 0) is 35.9 Å². The minimum absolute atomic E-state index is 0.114. The Hall–Kier alpha value is -1.16. The smallest absolute Gasteiger partial charge is 0.0681 e. The van der Waals surface area contributed by atoms with Crippen molar-refractivity contribution in [3.63, 3.8) is 0 Å². The number of aliphatic hydroxyl groups excluding tert-OH is 1. The SMILES string of the molecule is CC(Cc1cccs1)NCc1ccc(CO)cc1. The molecule has 1 heterocycles. The maximum atomic E-state index is 8.98. The predicted octanol–water partition coefficient (Wildman–Crippen LogP) is 2.96. The van der Waals surface area contributed by atoms with Crippen LogP contribution in [0.15, 0.2) is 41.8 Å². The van der Waals surface area contributed by atoms with Gasteiger partial charge in [0.2, 0.25) is 0 Å². The molecule has 1 aromatic carbocycles. The second kappa shape index (κ2) is 6.69. The van der Waals surface area contributed by atoms with E-state index in [-0.39, 0.29) is 6.61 Å². The predicted molar refractivity (Wildman–Crippen MR) is 76.7 cm³/mol. The fourth-order valence-electron chi connectivity index (χ4n) is 1.86. The molecule has 0 aliphatic rings. The largest absolute Gasteiger partial charge is 0.392 e. The molecule has 0 bridgehead atoms.